The van der Waals surface area contributed by atoms with E-state index in [2.05, 4.69) is 0 Å². The molecule has 0 aliphatic carbocycles. The molecule has 0 aliphatic heterocycles. The molecule has 0 saturated carbocycles. The van der Waals surface area contributed by atoms with Crippen LogP contribution >= 0.6 is 11.6 Å². The van der Waals surface area contributed by atoms with Crippen molar-refractivity contribution in [3.63, 3.8) is 0 Å². The summed E-state index contributed by atoms with van der Waals surface area (Å²) in [7, 11) is 0. The highest BCUT2D eigenvalue weighted by atomic mass is 35.5. The summed E-state index contributed by atoms with van der Waals surface area (Å²) in [4.78, 5) is 12.8. The summed E-state index contributed by atoms with van der Waals surface area (Å²) in [6, 6.07) is 7.45. The quantitative estimate of drug-likeness (QED) is 0.807. The van der Waals surface area contributed by atoms with Gasteiger partial charge in [0.05, 0.1) is 12.0 Å². The van der Waals surface area contributed by atoms with Crippen molar-refractivity contribution >= 4 is 17.6 Å². The molecule has 0 radical (unpaired) electrons. The second-order valence-electron chi connectivity index (χ2n) is 4.87. The standard InChI is InChI=1S/C14H20ClNO3/c1-10(14(18)19)7-16(8-11(2)17)9-12-5-3-4-6-13(12)15/h3-6,10-11,17H,7-9H2,1-2H3,(H,18,19). The number of aliphatic carboxylic acids is 1. The highest BCUT2D eigenvalue weighted by molar-refractivity contribution is 6.31. The minimum absolute atomic E-state index is 0.380. The highest BCUT2D eigenvalue weighted by Gasteiger charge is 2.18. The predicted molar refractivity (Wildman–Crippen MR) is 75.2 cm³/mol. The zero-order valence-electron chi connectivity index (χ0n) is 11.2. The van der Waals surface area contributed by atoms with Gasteiger partial charge in [0.1, 0.15) is 0 Å². The van der Waals surface area contributed by atoms with Crippen LogP contribution in [0.1, 0.15) is 19.4 Å². The van der Waals surface area contributed by atoms with E-state index in [0.717, 1.165) is 5.56 Å². The molecule has 0 bridgehead atoms. The van der Waals surface area contributed by atoms with Crippen LogP contribution < -0.4 is 0 Å². The first-order chi connectivity index (χ1) is 8.90. The molecule has 0 fully saturated rings. The highest BCUT2D eigenvalue weighted by Crippen LogP contribution is 2.18. The second kappa shape index (κ2) is 7.48. The molecule has 0 heterocycles. The lowest BCUT2D eigenvalue weighted by molar-refractivity contribution is -0.141. The lowest BCUT2D eigenvalue weighted by Gasteiger charge is -2.25. The summed E-state index contributed by atoms with van der Waals surface area (Å²) < 4.78 is 0. The zero-order valence-corrected chi connectivity index (χ0v) is 12.0. The first-order valence-electron chi connectivity index (χ1n) is 6.26. The van der Waals surface area contributed by atoms with Crippen molar-refractivity contribution in [1.82, 2.24) is 4.90 Å². The van der Waals surface area contributed by atoms with Crippen molar-refractivity contribution in [2.45, 2.75) is 26.5 Å². The Morgan fingerprint density at radius 1 is 1.32 bits per heavy atom. The van der Waals surface area contributed by atoms with Crippen LogP contribution in [0.15, 0.2) is 24.3 Å². The molecule has 2 unspecified atom stereocenters. The molecule has 5 heteroatoms. The normalized spacial score (nSPS) is 14.4. The van der Waals surface area contributed by atoms with Crippen molar-refractivity contribution in [2.24, 2.45) is 5.92 Å². The summed E-state index contributed by atoms with van der Waals surface area (Å²) >= 11 is 6.10. The van der Waals surface area contributed by atoms with Gasteiger partial charge in [0.15, 0.2) is 0 Å². The third-order valence-electron chi connectivity index (χ3n) is 2.83. The van der Waals surface area contributed by atoms with Gasteiger partial charge in [0.25, 0.3) is 0 Å². The number of hydrogen-bond donors (Lipinski definition) is 2. The second-order valence-corrected chi connectivity index (χ2v) is 5.28. The van der Waals surface area contributed by atoms with Crippen molar-refractivity contribution in [2.75, 3.05) is 13.1 Å². The van der Waals surface area contributed by atoms with Gasteiger partial charge in [-0.05, 0) is 18.6 Å². The molecule has 0 spiro atoms. The first kappa shape index (κ1) is 16.0. The third-order valence-corrected chi connectivity index (χ3v) is 3.20. The monoisotopic (exact) mass is 285 g/mol. The Kier molecular flexibility index (Phi) is 6.28. The van der Waals surface area contributed by atoms with Gasteiger partial charge in [0, 0.05) is 24.7 Å². The number of carboxylic acid groups (broad SMARTS) is 1. The van der Waals surface area contributed by atoms with Crippen LogP contribution in [0.5, 0.6) is 0 Å². The van der Waals surface area contributed by atoms with Crippen molar-refractivity contribution < 1.29 is 15.0 Å². The molecule has 1 rings (SSSR count). The largest absolute Gasteiger partial charge is 0.481 e. The Labute approximate surface area is 118 Å². The van der Waals surface area contributed by atoms with E-state index in [9.17, 15) is 9.90 Å². The molecule has 2 N–H and O–H groups in total. The van der Waals surface area contributed by atoms with Gasteiger partial charge in [0.2, 0.25) is 0 Å². The number of aliphatic hydroxyl groups excluding tert-OH is 1. The smallest absolute Gasteiger partial charge is 0.307 e. The number of benzene rings is 1. The fraction of sp³-hybridized carbons (Fsp3) is 0.500. The molecular formula is C14H20ClNO3. The molecular weight excluding hydrogens is 266 g/mol. The average molecular weight is 286 g/mol. The van der Waals surface area contributed by atoms with Gasteiger partial charge in [-0.3, -0.25) is 9.69 Å². The molecule has 1 aromatic carbocycles. The van der Waals surface area contributed by atoms with Crippen molar-refractivity contribution in [3.05, 3.63) is 34.9 Å². The van der Waals surface area contributed by atoms with E-state index >= 15 is 0 Å². The SMILES string of the molecule is CC(O)CN(Cc1ccccc1Cl)CC(C)C(=O)O. The van der Waals surface area contributed by atoms with Crippen LogP contribution in [0.2, 0.25) is 5.02 Å². The van der Waals surface area contributed by atoms with Crippen LogP contribution in [-0.4, -0.2) is 40.3 Å². The topological polar surface area (TPSA) is 60.8 Å². The number of rotatable bonds is 7. The summed E-state index contributed by atoms with van der Waals surface area (Å²) in [6.45, 7) is 4.67. The van der Waals surface area contributed by atoms with Crippen LogP contribution in [0, 0.1) is 5.92 Å². The van der Waals surface area contributed by atoms with Crippen molar-refractivity contribution in [1.29, 1.82) is 0 Å². The molecule has 0 saturated heterocycles. The van der Waals surface area contributed by atoms with Crippen LogP contribution in [0.3, 0.4) is 0 Å². The van der Waals surface area contributed by atoms with Gasteiger partial charge in [-0.15, -0.1) is 0 Å². The zero-order chi connectivity index (χ0) is 14.4. The Balaban J connectivity index is 2.74. The Morgan fingerprint density at radius 2 is 1.95 bits per heavy atom. The number of aliphatic hydroxyl groups is 1. The maximum Gasteiger partial charge on any atom is 0.307 e. The Morgan fingerprint density at radius 3 is 2.47 bits per heavy atom. The first-order valence-corrected chi connectivity index (χ1v) is 6.64. The van der Waals surface area contributed by atoms with Crippen LogP contribution in [0.4, 0.5) is 0 Å². The van der Waals surface area contributed by atoms with E-state index in [1.807, 2.05) is 23.1 Å². The van der Waals surface area contributed by atoms with E-state index < -0.39 is 18.0 Å². The number of nitrogens with zero attached hydrogens (tertiary/aromatic N) is 1. The van der Waals surface area contributed by atoms with Crippen LogP contribution in [0.25, 0.3) is 0 Å². The predicted octanol–water partition coefficient (Wildman–Crippen LogP) is 2.24. The maximum atomic E-state index is 10.9. The maximum absolute atomic E-state index is 10.9. The van der Waals surface area contributed by atoms with E-state index in [0.29, 0.717) is 24.7 Å². The van der Waals surface area contributed by atoms with E-state index in [1.165, 1.54) is 0 Å². The molecule has 0 amide bonds. The minimum atomic E-state index is -0.838. The molecule has 1 aromatic rings. The molecule has 0 aromatic heterocycles. The Bertz CT molecular complexity index is 423. The van der Waals surface area contributed by atoms with Crippen LogP contribution in [-0.2, 0) is 11.3 Å². The lowest BCUT2D eigenvalue weighted by atomic mass is 10.1. The van der Waals surface area contributed by atoms with Crippen molar-refractivity contribution in [3.8, 4) is 0 Å². The molecule has 2 atom stereocenters. The third kappa shape index (κ3) is 5.59. The summed E-state index contributed by atoms with van der Waals surface area (Å²) in [5.41, 5.74) is 0.933. The molecule has 106 valence electrons. The molecule has 0 aliphatic rings. The van der Waals surface area contributed by atoms with Gasteiger partial charge >= 0.3 is 5.97 Å². The molecule has 4 nitrogen and oxygen atoms in total. The lowest BCUT2D eigenvalue weighted by Crippen LogP contribution is -2.36. The van der Waals surface area contributed by atoms with Gasteiger partial charge in [-0.1, -0.05) is 36.7 Å². The van der Waals surface area contributed by atoms with Gasteiger partial charge in [-0.2, -0.15) is 0 Å². The van der Waals surface area contributed by atoms with Gasteiger partial charge < -0.3 is 10.2 Å². The summed E-state index contributed by atoms with van der Waals surface area (Å²) in [5.74, 6) is -1.32. The number of carboxylic acids is 1. The summed E-state index contributed by atoms with van der Waals surface area (Å²) in [6.07, 6.45) is -0.511. The average Bonchev–Trinajstić information content (AvgIpc) is 2.31. The van der Waals surface area contributed by atoms with Gasteiger partial charge in [-0.25, -0.2) is 0 Å². The van der Waals surface area contributed by atoms with E-state index in [4.69, 9.17) is 16.7 Å². The fourth-order valence-corrected chi connectivity index (χ4v) is 2.11. The summed E-state index contributed by atoms with van der Waals surface area (Å²) in [5, 5.41) is 19.1. The minimum Gasteiger partial charge on any atom is -0.481 e. The number of carbonyl (C=O) groups is 1. The van der Waals surface area contributed by atoms with E-state index in [-0.39, 0.29) is 0 Å². The number of halogens is 1. The Hall–Kier alpha value is -1.10. The fourth-order valence-electron chi connectivity index (χ4n) is 1.91. The molecule has 19 heavy (non-hydrogen) atoms. The number of hydrogen-bond acceptors (Lipinski definition) is 3. The van der Waals surface area contributed by atoms with E-state index in [1.54, 1.807) is 19.9 Å².